The van der Waals surface area contributed by atoms with E-state index in [0.717, 1.165) is 22.6 Å². The molecule has 1 aliphatic heterocycles. The molecule has 0 aliphatic carbocycles. The van der Waals surface area contributed by atoms with Gasteiger partial charge in [0.2, 0.25) is 0 Å². The van der Waals surface area contributed by atoms with Gasteiger partial charge < -0.3 is 14.6 Å². The van der Waals surface area contributed by atoms with Crippen LogP contribution in [0.25, 0.3) is 0 Å². The van der Waals surface area contributed by atoms with Gasteiger partial charge in [-0.1, -0.05) is 44.2 Å². The average molecular weight is 284 g/mol. The van der Waals surface area contributed by atoms with Gasteiger partial charge in [0.15, 0.2) is 0 Å². The van der Waals surface area contributed by atoms with Crippen LogP contribution < -0.4 is 9.47 Å². The van der Waals surface area contributed by atoms with Gasteiger partial charge >= 0.3 is 0 Å². The third-order valence-corrected chi connectivity index (χ3v) is 4.13. The maximum atomic E-state index is 9.44. The molecule has 21 heavy (non-hydrogen) atoms. The molecular weight excluding hydrogens is 264 g/mol. The molecule has 0 aromatic heterocycles. The van der Waals surface area contributed by atoms with E-state index in [1.165, 1.54) is 0 Å². The number of hydrogen-bond acceptors (Lipinski definition) is 3. The highest BCUT2D eigenvalue weighted by Gasteiger charge is 2.41. The molecule has 2 aromatic rings. The molecule has 1 N–H and O–H groups in total. The summed E-state index contributed by atoms with van der Waals surface area (Å²) in [5.41, 5.74) is 2.02. The summed E-state index contributed by atoms with van der Waals surface area (Å²) in [5, 5.41) is 9.44. The Labute approximate surface area is 125 Å². The van der Waals surface area contributed by atoms with E-state index in [1.54, 1.807) is 0 Å². The predicted octanol–water partition coefficient (Wildman–Crippen LogP) is 3.30. The lowest BCUT2D eigenvalue weighted by Gasteiger charge is -2.24. The maximum absolute atomic E-state index is 9.44. The lowest BCUT2D eigenvalue weighted by molar-refractivity contribution is 0.0888. The zero-order chi connectivity index (χ0) is 14.9. The minimum absolute atomic E-state index is 0.0158. The predicted molar refractivity (Wildman–Crippen MR) is 81.7 cm³/mol. The fourth-order valence-corrected chi connectivity index (χ4v) is 2.69. The Morgan fingerprint density at radius 3 is 2.62 bits per heavy atom. The van der Waals surface area contributed by atoms with Crippen LogP contribution in [0.2, 0.25) is 0 Å². The Balaban J connectivity index is 1.78. The molecule has 1 aliphatic rings. The molecule has 110 valence electrons. The molecule has 0 fully saturated rings. The van der Waals surface area contributed by atoms with Crippen LogP contribution in [0.15, 0.2) is 48.5 Å². The van der Waals surface area contributed by atoms with Crippen molar-refractivity contribution in [3.63, 3.8) is 0 Å². The number of rotatable bonds is 4. The Bertz CT molecular complexity index is 620. The summed E-state index contributed by atoms with van der Waals surface area (Å²) >= 11 is 0. The molecule has 1 atom stereocenters. The van der Waals surface area contributed by atoms with Crippen LogP contribution >= 0.6 is 0 Å². The van der Waals surface area contributed by atoms with Crippen molar-refractivity contribution in [1.82, 2.24) is 0 Å². The van der Waals surface area contributed by atoms with Crippen LogP contribution in [-0.2, 0) is 12.0 Å². The van der Waals surface area contributed by atoms with E-state index in [4.69, 9.17) is 9.47 Å². The summed E-state index contributed by atoms with van der Waals surface area (Å²) < 4.78 is 11.6. The van der Waals surface area contributed by atoms with Crippen molar-refractivity contribution >= 4 is 0 Å². The summed E-state index contributed by atoms with van der Waals surface area (Å²) in [6.07, 6.45) is -0.197. The molecule has 0 saturated heterocycles. The van der Waals surface area contributed by atoms with E-state index in [9.17, 15) is 5.11 Å². The van der Waals surface area contributed by atoms with Gasteiger partial charge in [-0.2, -0.15) is 0 Å². The van der Waals surface area contributed by atoms with Gasteiger partial charge in [-0.3, -0.25) is 0 Å². The number of benzene rings is 2. The summed E-state index contributed by atoms with van der Waals surface area (Å²) in [4.78, 5) is 0. The highest BCUT2D eigenvalue weighted by Crippen LogP contribution is 2.44. The second kappa shape index (κ2) is 5.41. The molecule has 3 nitrogen and oxygen atoms in total. The maximum Gasteiger partial charge on any atom is 0.131 e. The highest BCUT2D eigenvalue weighted by atomic mass is 16.5. The van der Waals surface area contributed by atoms with Crippen LogP contribution in [0.3, 0.4) is 0 Å². The van der Waals surface area contributed by atoms with Crippen molar-refractivity contribution in [2.24, 2.45) is 0 Å². The fraction of sp³-hybridized carbons (Fsp3) is 0.333. The zero-order valence-electron chi connectivity index (χ0n) is 12.4. The van der Waals surface area contributed by atoms with Crippen molar-refractivity contribution in [2.45, 2.75) is 32.0 Å². The van der Waals surface area contributed by atoms with Crippen molar-refractivity contribution < 1.29 is 14.6 Å². The van der Waals surface area contributed by atoms with E-state index < -0.39 is 0 Å². The average Bonchev–Trinajstić information content (AvgIpc) is 2.77. The normalized spacial score (nSPS) is 18.9. The number of aliphatic hydroxyl groups is 1. The molecular formula is C18H20O3. The van der Waals surface area contributed by atoms with Gasteiger partial charge in [-0.25, -0.2) is 0 Å². The minimum Gasteiger partial charge on any atom is -0.489 e. The van der Waals surface area contributed by atoms with Crippen LogP contribution in [0, 0.1) is 0 Å². The summed E-state index contributed by atoms with van der Waals surface area (Å²) in [6.45, 7) is 4.73. The number of ether oxygens (including phenoxy) is 2. The first kappa shape index (κ1) is 14.0. The minimum atomic E-state index is -0.212. The first-order chi connectivity index (χ1) is 10.1. The molecule has 1 heterocycles. The SMILES string of the molecule is CC1(C)c2cc(OCc3ccccc3)ccc2O[C@H]1CO. The topological polar surface area (TPSA) is 38.7 Å². The molecule has 0 bridgehead atoms. The van der Waals surface area contributed by atoms with Gasteiger partial charge in [-0.15, -0.1) is 0 Å². The molecule has 0 unspecified atom stereocenters. The van der Waals surface area contributed by atoms with E-state index in [1.807, 2.05) is 48.5 Å². The number of hydrogen-bond donors (Lipinski definition) is 1. The van der Waals surface area contributed by atoms with Gasteiger partial charge in [0.25, 0.3) is 0 Å². The van der Waals surface area contributed by atoms with Crippen LogP contribution in [0.4, 0.5) is 0 Å². The standard InChI is InChI=1S/C18H20O3/c1-18(2)15-10-14(8-9-16(15)21-17(18)11-19)20-12-13-6-4-3-5-7-13/h3-10,17,19H,11-12H2,1-2H3/t17-/m0/s1. The van der Waals surface area contributed by atoms with E-state index >= 15 is 0 Å². The lowest BCUT2D eigenvalue weighted by atomic mass is 9.81. The first-order valence-corrected chi connectivity index (χ1v) is 7.20. The van der Waals surface area contributed by atoms with E-state index in [-0.39, 0.29) is 18.1 Å². The van der Waals surface area contributed by atoms with E-state index in [0.29, 0.717) is 6.61 Å². The molecule has 3 rings (SSSR count). The van der Waals surface area contributed by atoms with Gasteiger partial charge in [0.1, 0.15) is 24.2 Å². The Kier molecular flexibility index (Phi) is 3.60. The monoisotopic (exact) mass is 284 g/mol. The molecule has 0 saturated carbocycles. The van der Waals surface area contributed by atoms with E-state index in [2.05, 4.69) is 13.8 Å². The molecule has 0 radical (unpaired) electrons. The summed E-state index contributed by atoms with van der Waals surface area (Å²) in [5.74, 6) is 1.67. The number of aliphatic hydroxyl groups excluding tert-OH is 1. The van der Waals surface area contributed by atoms with Crippen molar-refractivity contribution in [2.75, 3.05) is 6.61 Å². The largest absolute Gasteiger partial charge is 0.489 e. The van der Waals surface area contributed by atoms with Crippen LogP contribution in [0.1, 0.15) is 25.0 Å². The van der Waals surface area contributed by atoms with Crippen molar-refractivity contribution in [3.8, 4) is 11.5 Å². The molecule has 2 aromatic carbocycles. The second-order valence-corrected chi connectivity index (χ2v) is 5.94. The summed E-state index contributed by atoms with van der Waals surface area (Å²) in [7, 11) is 0. The van der Waals surface area contributed by atoms with Gasteiger partial charge in [-0.05, 0) is 23.8 Å². The zero-order valence-corrected chi connectivity index (χ0v) is 12.4. The van der Waals surface area contributed by atoms with Gasteiger partial charge in [0.05, 0.1) is 6.61 Å². The third-order valence-electron chi connectivity index (χ3n) is 4.13. The van der Waals surface area contributed by atoms with Crippen molar-refractivity contribution in [1.29, 1.82) is 0 Å². The third kappa shape index (κ3) is 2.61. The van der Waals surface area contributed by atoms with Crippen LogP contribution in [-0.4, -0.2) is 17.8 Å². The van der Waals surface area contributed by atoms with Crippen LogP contribution in [0.5, 0.6) is 11.5 Å². The number of fused-ring (bicyclic) bond motifs is 1. The summed E-state index contributed by atoms with van der Waals surface area (Å²) in [6, 6.07) is 15.9. The van der Waals surface area contributed by atoms with Gasteiger partial charge in [0, 0.05) is 11.0 Å². The highest BCUT2D eigenvalue weighted by molar-refractivity contribution is 5.48. The second-order valence-electron chi connectivity index (χ2n) is 5.94. The first-order valence-electron chi connectivity index (χ1n) is 7.20. The molecule has 0 spiro atoms. The fourth-order valence-electron chi connectivity index (χ4n) is 2.69. The quantitative estimate of drug-likeness (QED) is 0.936. The molecule has 0 amide bonds. The molecule has 3 heteroatoms. The Hall–Kier alpha value is -2.00. The lowest BCUT2D eigenvalue weighted by Crippen LogP contribution is -2.35. The van der Waals surface area contributed by atoms with Crippen molar-refractivity contribution in [3.05, 3.63) is 59.7 Å². The Morgan fingerprint density at radius 2 is 1.90 bits per heavy atom. The Morgan fingerprint density at radius 1 is 1.14 bits per heavy atom. The smallest absolute Gasteiger partial charge is 0.131 e.